The molecule has 0 spiro atoms. The van der Waals surface area contributed by atoms with Gasteiger partial charge >= 0.3 is 0 Å². The average molecular weight is 1470 g/mol. The second-order valence-electron chi connectivity index (χ2n) is 27.1. The molecule has 7 rings (SSSR count). The summed E-state index contributed by atoms with van der Waals surface area (Å²) in [6.45, 7) is 5.69. The quantitative estimate of drug-likeness (QED) is 0.0312. The summed E-state index contributed by atoms with van der Waals surface area (Å²) in [7, 11) is 0. The molecule has 3 aliphatic rings. The van der Waals surface area contributed by atoms with Crippen LogP contribution in [0.2, 0.25) is 0 Å². The van der Waals surface area contributed by atoms with Crippen molar-refractivity contribution in [2.75, 3.05) is 26.3 Å². The van der Waals surface area contributed by atoms with E-state index < -0.39 is 200 Å². The maximum absolute atomic E-state index is 15.3. The van der Waals surface area contributed by atoms with Gasteiger partial charge in [-0.3, -0.25) is 57.5 Å². The summed E-state index contributed by atoms with van der Waals surface area (Å²) < 4.78 is 12.3. The first-order valence-electron chi connectivity index (χ1n) is 35.0. The molecule has 20 N–H and O–H groups in total. The normalized spacial score (nSPS) is 26.9. The van der Waals surface area contributed by atoms with E-state index in [4.69, 9.17) is 26.7 Å². The molecule has 4 heterocycles. The number of hydrogen-bond donors (Lipinski definition) is 17. The summed E-state index contributed by atoms with van der Waals surface area (Å²) in [5.41, 5.74) is 18.6. The highest BCUT2D eigenvalue weighted by molar-refractivity contribution is 6.01. The number of aromatic hydroxyl groups is 1. The van der Waals surface area contributed by atoms with Gasteiger partial charge < -0.3 is 105 Å². The van der Waals surface area contributed by atoms with Crippen molar-refractivity contribution in [1.82, 2.24) is 67.7 Å². The highest BCUT2D eigenvalue weighted by Gasteiger charge is 2.45. The number of nitrogens with one attached hydrogen (secondary N) is 9. The van der Waals surface area contributed by atoms with Crippen molar-refractivity contribution >= 4 is 70.9 Å². The van der Waals surface area contributed by atoms with Crippen LogP contribution in [-0.4, -0.2) is 234 Å². The van der Waals surface area contributed by atoms with Crippen LogP contribution in [0.3, 0.4) is 0 Å². The predicted molar refractivity (Wildman–Crippen MR) is 372 cm³/mol. The molecule has 1 aromatic heterocycles. The van der Waals surface area contributed by atoms with Gasteiger partial charge in [0.2, 0.25) is 70.9 Å². The number of carbonyl (C=O) groups is 12. The Morgan fingerprint density at radius 2 is 1.08 bits per heavy atom. The van der Waals surface area contributed by atoms with Crippen molar-refractivity contribution in [2.24, 2.45) is 29.0 Å². The van der Waals surface area contributed by atoms with Gasteiger partial charge in [-0.25, -0.2) is 4.68 Å². The Balaban J connectivity index is 1.31. The molecule has 12 amide bonds. The number of hydrogen-bond acceptors (Lipinski definition) is 22. The van der Waals surface area contributed by atoms with Crippen LogP contribution in [0.1, 0.15) is 101 Å². The van der Waals surface area contributed by atoms with Gasteiger partial charge in [-0.1, -0.05) is 106 Å². The summed E-state index contributed by atoms with van der Waals surface area (Å²) in [4.78, 5) is 176. The highest BCUT2D eigenvalue weighted by Crippen LogP contribution is 2.24. The number of amides is 12. The number of benzene rings is 3. The second kappa shape index (κ2) is 39.7. The van der Waals surface area contributed by atoms with E-state index in [1.54, 1.807) is 88.4 Å². The summed E-state index contributed by atoms with van der Waals surface area (Å²) in [6.07, 6.45) is -9.44. The molecule has 4 aromatic rings. The van der Waals surface area contributed by atoms with Gasteiger partial charge in [0.1, 0.15) is 90.6 Å². The summed E-state index contributed by atoms with van der Waals surface area (Å²) in [5, 5.41) is 83.1. The molecular formula is C70H98N16O19. The number of nitrogens with zero attached hydrogens (tertiary/aromatic N) is 4. The number of aliphatic hydroxyl groups is 4. The zero-order chi connectivity index (χ0) is 76.6. The van der Waals surface area contributed by atoms with Crippen LogP contribution >= 0.6 is 0 Å². The van der Waals surface area contributed by atoms with Gasteiger partial charge in [0.05, 0.1) is 31.9 Å². The molecule has 0 bridgehead atoms. The first kappa shape index (κ1) is 82.2. The standard InChI is InChI=1S/C70H98N16O19/c1-37(2)29-46-62(96)81-51(32-40-15-9-6-10-16-40)69(103)86-26-12-18-52(86)67(101)80-47(30-39-13-7-5-8-14-39)63(97)78-49(33-42-35-85(84-83-42)27-28-104-70-59(93)58(92)57(91)53(36-87)105-70)64(98)79-50(34-55(73)90)65(99)74-45(23-24-54(72)89)61(95)77-48(31-41-19-21-43(88)22-20-41)66(100)82-56(38(3)4)68(102)75-44(17-11-25-71)60(94)76-46/h5-10,13-16,19-22,35,37-38,44-53,56-59,70,87-88,91-93H,11-12,17-18,23-34,36,71H2,1-4H3,(H2,72,89)(H2,73,90)(H,74,99)(H,75,102)(H,76,94)(H,77,95)(H,78,97)(H,79,98)(H,80,101)(H,81,96)(H,82,100)/t44-,45-,46-,47-,48-,49+,50-,51+,52-,53+,56-,57+,58-,59+,70+/m0/s1. The van der Waals surface area contributed by atoms with E-state index in [1.807, 2.05) is 0 Å². The highest BCUT2D eigenvalue weighted by atomic mass is 16.7. The minimum Gasteiger partial charge on any atom is -0.508 e. The van der Waals surface area contributed by atoms with Crippen molar-refractivity contribution in [3.8, 4) is 5.75 Å². The molecule has 15 atom stereocenters. The number of nitrogens with two attached hydrogens (primary N) is 3. The van der Waals surface area contributed by atoms with E-state index in [2.05, 4.69) is 58.2 Å². The number of aromatic nitrogens is 3. The molecule has 35 heteroatoms. The zero-order valence-electron chi connectivity index (χ0n) is 59.0. The van der Waals surface area contributed by atoms with Crippen LogP contribution in [0.15, 0.2) is 91.1 Å². The zero-order valence-corrected chi connectivity index (χ0v) is 59.0. The maximum atomic E-state index is 15.3. The Bertz CT molecular complexity index is 3630. The first-order chi connectivity index (χ1) is 50.0. The van der Waals surface area contributed by atoms with E-state index in [9.17, 15) is 63.9 Å². The summed E-state index contributed by atoms with van der Waals surface area (Å²) in [6, 6.07) is 6.94. The summed E-state index contributed by atoms with van der Waals surface area (Å²) in [5.74, 6) is -12.8. The van der Waals surface area contributed by atoms with Crippen molar-refractivity contribution in [1.29, 1.82) is 0 Å². The van der Waals surface area contributed by atoms with Gasteiger partial charge in [0, 0.05) is 44.8 Å². The molecule has 3 aromatic carbocycles. The molecule has 0 radical (unpaired) electrons. The molecule has 0 unspecified atom stereocenters. The predicted octanol–water partition coefficient (Wildman–Crippen LogP) is -4.98. The lowest BCUT2D eigenvalue weighted by Crippen LogP contribution is -2.62. The Hall–Kier alpha value is -10.0. The number of primary amides is 2. The molecule has 3 fully saturated rings. The van der Waals surface area contributed by atoms with Crippen molar-refractivity contribution < 1.29 is 92.5 Å². The van der Waals surface area contributed by atoms with Gasteiger partial charge in [0.15, 0.2) is 6.29 Å². The number of phenols is 1. The Morgan fingerprint density at radius 1 is 0.581 bits per heavy atom. The molecule has 0 aliphatic carbocycles. The van der Waals surface area contributed by atoms with Crippen molar-refractivity contribution in [2.45, 2.75) is 202 Å². The van der Waals surface area contributed by atoms with E-state index in [0.29, 0.717) is 16.7 Å². The minimum atomic E-state index is -1.99. The van der Waals surface area contributed by atoms with E-state index in [-0.39, 0.29) is 95.0 Å². The second-order valence-corrected chi connectivity index (χ2v) is 27.1. The van der Waals surface area contributed by atoms with Crippen molar-refractivity contribution in [3.63, 3.8) is 0 Å². The summed E-state index contributed by atoms with van der Waals surface area (Å²) >= 11 is 0. The van der Waals surface area contributed by atoms with E-state index >= 15 is 19.2 Å². The lowest BCUT2D eigenvalue weighted by atomic mass is 9.99. The molecule has 0 saturated carbocycles. The van der Waals surface area contributed by atoms with Crippen LogP contribution in [-0.2, 0) is 99.2 Å². The van der Waals surface area contributed by atoms with Gasteiger partial charge in [0.25, 0.3) is 0 Å². The molecule has 3 aliphatic heterocycles. The third-order valence-corrected chi connectivity index (χ3v) is 18.0. The number of fused-ring (bicyclic) bond motifs is 1. The van der Waals surface area contributed by atoms with Crippen LogP contribution < -0.4 is 65.1 Å². The Morgan fingerprint density at radius 3 is 1.65 bits per heavy atom. The minimum absolute atomic E-state index is 0.0125. The number of phenolic OH excluding ortho intramolecular Hbond substituents is 1. The Kier molecular flexibility index (Phi) is 31.1. The number of ether oxygens (including phenoxy) is 2. The smallest absolute Gasteiger partial charge is 0.246 e. The fraction of sp³-hybridized carbons (Fsp3) is 0.543. The van der Waals surface area contributed by atoms with Crippen molar-refractivity contribution in [3.05, 3.63) is 114 Å². The topological polar surface area (TPSA) is 545 Å². The molecular weight excluding hydrogens is 1370 g/mol. The lowest BCUT2D eigenvalue weighted by molar-refractivity contribution is -0.301. The van der Waals surface area contributed by atoms with Gasteiger partial charge in [-0.15, -0.1) is 5.10 Å². The van der Waals surface area contributed by atoms with E-state index in [0.717, 1.165) is 0 Å². The van der Waals surface area contributed by atoms with Gasteiger partial charge in [-0.05, 0) is 85.7 Å². The van der Waals surface area contributed by atoms with E-state index in [1.165, 1.54) is 40.0 Å². The number of aliphatic hydroxyl groups excluding tert-OH is 4. The SMILES string of the molecule is CC(C)C[C@@H]1NC(=O)[C@H](CCCN)NC(=O)[C@H](C(C)C)NC(=O)[C@H](Cc2ccc(O)cc2)NC(=O)[C@H](CCC(N)=O)NC(=O)[C@H](CC(N)=O)NC(=O)[C@@H](Cc2cn(CCO[C@@H]3O[C@H](CO)[C@@H](O)[C@H](O)[C@H]3O)nn2)NC(=O)[C@H](Cc2ccccc2)NC(=O)[C@@H]2CCCN2C(=O)[C@@H](Cc2ccccc2)NC1=O. The fourth-order valence-corrected chi connectivity index (χ4v) is 12.3. The molecule has 572 valence electrons. The first-order valence-corrected chi connectivity index (χ1v) is 35.0. The maximum Gasteiger partial charge on any atom is 0.246 e. The van der Waals surface area contributed by atoms with Gasteiger partial charge in [-0.2, -0.15) is 0 Å². The molecule has 35 nitrogen and oxygen atoms in total. The largest absolute Gasteiger partial charge is 0.508 e. The van der Waals surface area contributed by atoms with Crippen LogP contribution in [0.25, 0.3) is 0 Å². The monoisotopic (exact) mass is 1470 g/mol. The van der Waals surface area contributed by atoms with Crippen LogP contribution in [0.5, 0.6) is 5.75 Å². The lowest BCUT2D eigenvalue weighted by Gasteiger charge is -2.39. The average Bonchev–Trinajstić information content (AvgIpc) is 1.59. The third kappa shape index (κ3) is 24.5. The number of rotatable bonds is 24. The number of carbonyl (C=O) groups excluding carboxylic acids is 12. The molecule has 3 saturated heterocycles. The third-order valence-electron chi connectivity index (χ3n) is 18.0. The Labute approximate surface area is 605 Å². The van der Waals surface area contributed by atoms with Crippen LogP contribution in [0.4, 0.5) is 0 Å². The van der Waals surface area contributed by atoms with Crippen LogP contribution in [0, 0.1) is 11.8 Å². The fourth-order valence-electron chi connectivity index (χ4n) is 12.3. The molecule has 105 heavy (non-hydrogen) atoms.